The minimum absolute atomic E-state index is 0.0503. The van der Waals surface area contributed by atoms with Crippen molar-refractivity contribution in [2.75, 3.05) is 45.3 Å². The van der Waals surface area contributed by atoms with Gasteiger partial charge in [0.05, 0.1) is 14.2 Å². The number of carbonyl (C=O) groups excluding carboxylic acids is 1. The van der Waals surface area contributed by atoms with E-state index in [2.05, 4.69) is 9.64 Å². The van der Waals surface area contributed by atoms with Gasteiger partial charge in [0.25, 0.3) is 0 Å². The van der Waals surface area contributed by atoms with Gasteiger partial charge in [-0.3, -0.25) is 4.79 Å². The Morgan fingerprint density at radius 3 is 2.27 bits per heavy atom. The van der Waals surface area contributed by atoms with Gasteiger partial charge in [-0.05, 0) is 48.0 Å². The van der Waals surface area contributed by atoms with E-state index >= 15 is 0 Å². The first-order chi connectivity index (χ1) is 14.5. The topological polar surface area (TPSA) is 51.2 Å². The van der Waals surface area contributed by atoms with Crippen LogP contribution >= 0.6 is 0 Å². The van der Waals surface area contributed by atoms with Crippen LogP contribution in [0.1, 0.15) is 5.56 Å². The lowest BCUT2D eigenvalue weighted by atomic mass is 10.1. The van der Waals surface area contributed by atoms with E-state index in [0.29, 0.717) is 18.7 Å². The Morgan fingerprint density at radius 1 is 0.967 bits per heavy atom. The summed E-state index contributed by atoms with van der Waals surface area (Å²) in [6.07, 6.45) is 3.11. The lowest BCUT2D eigenvalue weighted by Crippen LogP contribution is -2.48. The molecule has 160 valence electrons. The van der Waals surface area contributed by atoms with Crippen LogP contribution in [0.3, 0.4) is 0 Å². The number of amides is 1. The second kappa shape index (κ2) is 9.96. The fourth-order valence-corrected chi connectivity index (χ4v) is 3.23. The van der Waals surface area contributed by atoms with Gasteiger partial charge >= 0.3 is 6.61 Å². The average molecular weight is 418 g/mol. The fraction of sp³-hybridized carbons (Fsp3) is 0.318. The normalized spacial score (nSPS) is 14.3. The van der Waals surface area contributed by atoms with Crippen molar-refractivity contribution in [2.24, 2.45) is 0 Å². The van der Waals surface area contributed by atoms with Gasteiger partial charge in [0.1, 0.15) is 5.75 Å². The third-order valence-corrected chi connectivity index (χ3v) is 4.85. The number of piperazine rings is 1. The minimum atomic E-state index is -2.93. The first-order valence-electron chi connectivity index (χ1n) is 9.49. The number of ether oxygens (including phenoxy) is 3. The molecule has 0 aromatic heterocycles. The maximum atomic E-state index is 12.5. The van der Waals surface area contributed by atoms with Crippen LogP contribution in [0.4, 0.5) is 14.5 Å². The van der Waals surface area contributed by atoms with Crippen LogP contribution in [-0.2, 0) is 4.79 Å². The molecule has 0 aliphatic carbocycles. The Labute approximate surface area is 174 Å². The van der Waals surface area contributed by atoms with Gasteiger partial charge in [0.15, 0.2) is 11.5 Å². The predicted octanol–water partition coefficient (Wildman–Crippen LogP) is 3.67. The molecule has 0 atom stereocenters. The smallest absolute Gasteiger partial charge is 0.387 e. The van der Waals surface area contributed by atoms with E-state index in [1.165, 1.54) is 19.3 Å². The Hall–Kier alpha value is -3.29. The minimum Gasteiger partial charge on any atom is -0.497 e. The van der Waals surface area contributed by atoms with Crippen molar-refractivity contribution in [2.45, 2.75) is 6.61 Å². The van der Waals surface area contributed by atoms with E-state index in [4.69, 9.17) is 9.47 Å². The van der Waals surface area contributed by atoms with Gasteiger partial charge in [-0.15, -0.1) is 0 Å². The standard InChI is InChI=1S/C22H24F2N2O4/c1-28-18-7-5-17(6-8-18)25-11-13-26(14-12-25)21(27)10-4-16-3-9-19(30-22(23)24)20(15-16)29-2/h3-10,15,22H,11-14H2,1-2H3/b10-4+. The number of benzene rings is 2. The first kappa shape index (κ1) is 21.4. The highest BCUT2D eigenvalue weighted by Crippen LogP contribution is 2.30. The molecular weight excluding hydrogens is 394 g/mol. The zero-order valence-electron chi connectivity index (χ0n) is 16.9. The van der Waals surface area contributed by atoms with Gasteiger partial charge < -0.3 is 24.0 Å². The number of nitrogens with zero attached hydrogens (tertiary/aromatic N) is 2. The number of hydrogen-bond acceptors (Lipinski definition) is 5. The molecule has 0 N–H and O–H groups in total. The maximum Gasteiger partial charge on any atom is 0.387 e. The van der Waals surface area contributed by atoms with E-state index in [1.807, 2.05) is 24.3 Å². The van der Waals surface area contributed by atoms with Crippen LogP contribution in [0.5, 0.6) is 17.2 Å². The van der Waals surface area contributed by atoms with Crippen molar-refractivity contribution in [3.05, 3.63) is 54.1 Å². The molecule has 6 nitrogen and oxygen atoms in total. The second-order valence-electron chi connectivity index (χ2n) is 6.63. The molecule has 3 rings (SSSR count). The van der Waals surface area contributed by atoms with Crippen molar-refractivity contribution >= 4 is 17.7 Å². The number of hydrogen-bond donors (Lipinski definition) is 0. The number of rotatable bonds is 7. The molecule has 1 amide bonds. The SMILES string of the molecule is COc1ccc(N2CCN(C(=O)/C=C/c3ccc(OC(F)F)c(OC)c3)CC2)cc1. The zero-order chi connectivity index (χ0) is 21.5. The van der Waals surface area contributed by atoms with Crippen molar-refractivity contribution < 1.29 is 27.8 Å². The Kier molecular flexibility index (Phi) is 7.11. The number of anilines is 1. The third-order valence-electron chi connectivity index (χ3n) is 4.85. The summed E-state index contributed by atoms with van der Waals surface area (Å²) >= 11 is 0. The molecule has 0 bridgehead atoms. The van der Waals surface area contributed by atoms with Crippen LogP contribution in [0.15, 0.2) is 48.5 Å². The van der Waals surface area contributed by atoms with Crippen LogP contribution in [0, 0.1) is 0 Å². The molecule has 2 aromatic carbocycles. The fourth-order valence-electron chi connectivity index (χ4n) is 3.23. The van der Waals surface area contributed by atoms with Crippen LogP contribution in [0.2, 0.25) is 0 Å². The summed E-state index contributed by atoms with van der Waals surface area (Å²) in [6.45, 7) is -0.239. The maximum absolute atomic E-state index is 12.5. The molecule has 1 heterocycles. The van der Waals surface area contributed by atoms with Crippen molar-refractivity contribution in [3.8, 4) is 17.2 Å². The summed E-state index contributed by atoms with van der Waals surface area (Å²) in [7, 11) is 3.00. The molecule has 0 spiro atoms. The summed E-state index contributed by atoms with van der Waals surface area (Å²) < 4.78 is 39.5. The summed E-state index contributed by atoms with van der Waals surface area (Å²) in [5.74, 6) is 0.836. The van der Waals surface area contributed by atoms with E-state index in [1.54, 1.807) is 30.2 Å². The largest absolute Gasteiger partial charge is 0.497 e. The lowest BCUT2D eigenvalue weighted by molar-refractivity contribution is -0.126. The summed E-state index contributed by atoms with van der Waals surface area (Å²) in [4.78, 5) is 16.5. The summed E-state index contributed by atoms with van der Waals surface area (Å²) in [5.41, 5.74) is 1.75. The van der Waals surface area contributed by atoms with E-state index < -0.39 is 6.61 Å². The predicted molar refractivity (Wildman–Crippen MR) is 110 cm³/mol. The number of alkyl halides is 2. The van der Waals surface area contributed by atoms with Gasteiger partial charge in [-0.1, -0.05) is 6.07 Å². The van der Waals surface area contributed by atoms with Crippen LogP contribution in [-0.4, -0.2) is 57.8 Å². The summed E-state index contributed by atoms with van der Waals surface area (Å²) in [5, 5.41) is 0. The average Bonchev–Trinajstić information content (AvgIpc) is 2.78. The quantitative estimate of drug-likeness (QED) is 0.643. The van der Waals surface area contributed by atoms with Crippen molar-refractivity contribution in [1.82, 2.24) is 4.90 Å². The van der Waals surface area contributed by atoms with E-state index in [0.717, 1.165) is 24.5 Å². The molecule has 8 heteroatoms. The molecule has 1 saturated heterocycles. The monoisotopic (exact) mass is 418 g/mol. The van der Waals surface area contributed by atoms with Gasteiger partial charge in [-0.25, -0.2) is 0 Å². The highest BCUT2D eigenvalue weighted by molar-refractivity contribution is 5.92. The van der Waals surface area contributed by atoms with E-state index in [9.17, 15) is 13.6 Å². The molecule has 0 unspecified atom stereocenters. The van der Waals surface area contributed by atoms with Crippen LogP contribution < -0.4 is 19.1 Å². The van der Waals surface area contributed by atoms with Gasteiger partial charge in [0.2, 0.25) is 5.91 Å². The Bertz CT molecular complexity index is 879. The van der Waals surface area contributed by atoms with Gasteiger partial charge in [-0.2, -0.15) is 8.78 Å². The van der Waals surface area contributed by atoms with Crippen molar-refractivity contribution in [3.63, 3.8) is 0 Å². The molecule has 0 saturated carbocycles. The number of halogens is 2. The lowest BCUT2D eigenvalue weighted by Gasteiger charge is -2.35. The van der Waals surface area contributed by atoms with E-state index in [-0.39, 0.29) is 17.4 Å². The number of carbonyl (C=O) groups is 1. The highest BCUT2D eigenvalue weighted by Gasteiger charge is 2.20. The molecule has 30 heavy (non-hydrogen) atoms. The summed E-state index contributed by atoms with van der Waals surface area (Å²) in [6, 6.07) is 12.4. The molecule has 1 fully saturated rings. The second-order valence-corrected chi connectivity index (χ2v) is 6.63. The highest BCUT2D eigenvalue weighted by atomic mass is 19.3. The molecule has 0 radical (unpaired) electrons. The Morgan fingerprint density at radius 2 is 1.67 bits per heavy atom. The third kappa shape index (κ3) is 5.40. The molecule has 1 aliphatic rings. The van der Waals surface area contributed by atoms with Gasteiger partial charge in [0, 0.05) is 37.9 Å². The molecule has 2 aromatic rings. The molecular formula is C22H24F2N2O4. The first-order valence-corrected chi connectivity index (χ1v) is 9.49. The zero-order valence-corrected chi connectivity index (χ0v) is 16.9. The van der Waals surface area contributed by atoms with Crippen molar-refractivity contribution in [1.29, 1.82) is 0 Å². The van der Waals surface area contributed by atoms with Crippen LogP contribution in [0.25, 0.3) is 6.08 Å². The number of methoxy groups -OCH3 is 2. The Balaban J connectivity index is 1.57. The molecule has 1 aliphatic heterocycles.